The van der Waals surface area contributed by atoms with Gasteiger partial charge < -0.3 is 5.32 Å². The Kier molecular flexibility index (Phi) is 3.33. The van der Waals surface area contributed by atoms with Crippen LogP contribution in [-0.4, -0.2) is 10.8 Å². The Morgan fingerprint density at radius 2 is 1.94 bits per heavy atom. The Hall–Kier alpha value is -2.69. The summed E-state index contributed by atoms with van der Waals surface area (Å²) in [4.78, 5) is 21.9. The highest BCUT2D eigenvalue weighted by molar-refractivity contribution is 6.04. The van der Waals surface area contributed by atoms with Crippen molar-refractivity contribution < 1.29 is 9.72 Å². The van der Waals surface area contributed by atoms with Crippen LogP contribution in [0.25, 0.3) is 0 Å². The van der Waals surface area contributed by atoms with Crippen molar-refractivity contribution in [1.29, 1.82) is 0 Å². The highest BCUT2D eigenvalue weighted by Gasteiger charge is 2.09. The molecule has 0 aliphatic carbocycles. The lowest BCUT2D eigenvalue weighted by molar-refractivity contribution is -0.384. The lowest BCUT2D eigenvalue weighted by atomic mass is 10.2. The normalized spacial score (nSPS) is 9.78. The van der Waals surface area contributed by atoms with E-state index in [-0.39, 0.29) is 11.6 Å². The molecule has 0 heterocycles. The monoisotopic (exact) mass is 241 g/mol. The van der Waals surface area contributed by atoms with Gasteiger partial charge in [-0.05, 0) is 24.3 Å². The van der Waals surface area contributed by atoms with Gasteiger partial charge in [-0.15, -0.1) is 0 Å². The molecule has 0 unspecified atom stereocenters. The number of benzene rings is 2. The van der Waals surface area contributed by atoms with Crippen LogP contribution >= 0.6 is 0 Å². The standard InChI is InChI=1S/C13H9N2O3/c16-13(10-5-2-1-3-6-10)14-11-7-4-8-12(9-11)15(17)18/h2-9H,(H,14,16). The number of rotatable bonds is 3. The fourth-order valence-corrected chi connectivity index (χ4v) is 1.44. The van der Waals surface area contributed by atoms with Crippen molar-refractivity contribution in [3.63, 3.8) is 0 Å². The number of carbonyl (C=O) groups excluding carboxylic acids is 1. The highest BCUT2D eigenvalue weighted by atomic mass is 16.6. The smallest absolute Gasteiger partial charge is 0.271 e. The van der Waals surface area contributed by atoms with Crippen molar-refractivity contribution in [2.75, 3.05) is 5.32 Å². The fourth-order valence-electron chi connectivity index (χ4n) is 1.44. The second-order valence-corrected chi connectivity index (χ2v) is 3.55. The van der Waals surface area contributed by atoms with E-state index in [1.165, 1.54) is 18.2 Å². The Balaban J connectivity index is 2.17. The molecule has 18 heavy (non-hydrogen) atoms. The van der Waals surface area contributed by atoms with E-state index in [1.54, 1.807) is 30.3 Å². The molecule has 2 aromatic rings. The summed E-state index contributed by atoms with van der Waals surface area (Å²) in [7, 11) is 0. The van der Waals surface area contributed by atoms with Gasteiger partial charge in [0, 0.05) is 23.4 Å². The van der Waals surface area contributed by atoms with Crippen LogP contribution in [0.1, 0.15) is 10.4 Å². The molecule has 0 aliphatic rings. The topological polar surface area (TPSA) is 72.2 Å². The number of amides is 1. The molecule has 2 aromatic carbocycles. The van der Waals surface area contributed by atoms with Crippen molar-refractivity contribution in [1.82, 2.24) is 0 Å². The number of nitrogens with zero attached hydrogens (tertiary/aromatic N) is 1. The summed E-state index contributed by atoms with van der Waals surface area (Å²) in [6.07, 6.45) is 0. The average Bonchev–Trinajstić information content (AvgIpc) is 2.40. The van der Waals surface area contributed by atoms with Gasteiger partial charge >= 0.3 is 0 Å². The molecule has 1 N–H and O–H groups in total. The third-order valence-corrected chi connectivity index (χ3v) is 2.30. The van der Waals surface area contributed by atoms with E-state index in [4.69, 9.17) is 0 Å². The minimum absolute atomic E-state index is 0.0609. The highest BCUT2D eigenvalue weighted by Crippen LogP contribution is 2.17. The molecule has 89 valence electrons. The average molecular weight is 241 g/mol. The first-order valence-electron chi connectivity index (χ1n) is 5.19. The van der Waals surface area contributed by atoms with Crippen LogP contribution in [0.4, 0.5) is 11.4 Å². The van der Waals surface area contributed by atoms with Crippen LogP contribution < -0.4 is 5.32 Å². The molecular formula is C13H9N2O3. The summed E-state index contributed by atoms with van der Waals surface area (Å²) in [6, 6.07) is 15.1. The van der Waals surface area contributed by atoms with Gasteiger partial charge in [0.05, 0.1) is 4.92 Å². The number of nitro benzene ring substituents is 1. The Morgan fingerprint density at radius 1 is 1.22 bits per heavy atom. The van der Waals surface area contributed by atoms with Crippen molar-refractivity contribution in [2.45, 2.75) is 0 Å². The van der Waals surface area contributed by atoms with Gasteiger partial charge in [0.25, 0.3) is 11.6 Å². The zero-order valence-electron chi connectivity index (χ0n) is 9.29. The van der Waals surface area contributed by atoms with Gasteiger partial charge in [-0.3, -0.25) is 14.9 Å². The molecule has 0 fully saturated rings. The zero-order valence-corrected chi connectivity index (χ0v) is 9.29. The Bertz CT molecular complexity index is 582. The maximum absolute atomic E-state index is 11.8. The summed E-state index contributed by atoms with van der Waals surface area (Å²) >= 11 is 0. The second kappa shape index (κ2) is 5.09. The van der Waals surface area contributed by atoms with Gasteiger partial charge in [-0.1, -0.05) is 18.2 Å². The zero-order chi connectivity index (χ0) is 13.0. The lowest BCUT2D eigenvalue weighted by Crippen LogP contribution is -2.11. The number of nitrogens with one attached hydrogen (secondary N) is 1. The van der Waals surface area contributed by atoms with Gasteiger partial charge in [0.1, 0.15) is 0 Å². The maximum Gasteiger partial charge on any atom is 0.271 e. The predicted octanol–water partition coefficient (Wildman–Crippen LogP) is 2.65. The van der Waals surface area contributed by atoms with E-state index in [0.717, 1.165) is 0 Å². The minimum atomic E-state index is -0.507. The first kappa shape index (κ1) is 11.8. The van der Waals surface area contributed by atoms with Crippen molar-refractivity contribution in [2.24, 2.45) is 0 Å². The Labute approximate surface area is 103 Å². The molecule has 0 aliphatic heterocycles. The van der Waals surface area contributed by atoms with E-state index in [2.05, 4.69) is 11.4 Å². The van der Waals surface area contributed by atoms with Crippen molar-refractivity contribution in [3.05, 3.63) is 70.3 Å². The summed E-state index contributed by atoms with van der Waals surface area (Å²) in [5.74, 6) is -0.315. The first-order chi connectivity index (χ1) is 8.66. The molecule has 5 nitrogen and oxygen atoms in total. The summed E-state index contributed by atoms with van der Waals surface area (Å²) in [5, 5.41) is 13.2. The summed E-state index contributed by atoms with van der Waals surface area (Å²) in [5.41, 5.74) is 0.802. The second-order valence-electron chi connectivity index (χ2n) is 3.55. The number of nitro groups is 1. The quantitative estimate of drug-likeness (QED) is 0.663. The number of hydrogen-bond acceptors (Lipinski definition) is 3. The third kappa shape index (κ3) is 2.70. The molecule has 5 heteroatoms. The van der Waals surface area contributed by atoms with Gasteiger partial charge in [0.15, 0.2) is 0 Å². The van der Waals surface area contributed by atoms with Gasteiger partial charge in [-0.25, -0.2) is 0 Å². The molecule has 1 amide bonds. The lowest BCUT2D eigenvalue weighted by Gasteiger charge is -2.04. The summed E-state index contributed by atoms with van der Waals surface area (Å²) < 4.78 is 0. The molecule has 0 spiro atoms. The molecule has 0 atom stereocenters. The Morgan fingerprint density at radius 3 is 2.61 bits per heavy atom. The van der Waals surface area contributed by atoms with E-state index in [9.17, 15) is 14.9 Å². The number of carbonyl (C=O) groups is 1. The number of non-ortho nitro benzene ring substituents is 1. The van der Waals surface area contributed by atoms with Crippen LogP contribution in [0, 0.1) is 16.2 Å². The van der Waals surface area contributed by atoms with Crippen LogP contribution in [0.3, 0.4) is 0 Å². The molecular weight excluding hydrogens is 232 g/mol. The molecule has 0 bridgehead atoms. The van der Waals surface area contributed by atoms with Crippen molar-refractivity contribution in [3.8, 4) is 0 Å². The van der Waals surface area contributed by atoms with Crippen LogP contribution in [0.2, 0.25) is 0 Å². The third-order valence-electron chi connectivity index (χ3n) is 2.30. The summed E-state index contributed by atoms with van der Waals surface area (Å²) in [6.45, 7) is 0. The molecule has 0 saturated heterocycles. The van der Waals surface area contributed by atoms with E-state index in [0.29, 0.717) is 11.3 Å². The van der Waals surface area contributed by atoms with Gasteiger partial charge in [0.2, 0.25) is 0 Å². The predicted molar refractivity (Wildman–Crippen MR) is 66.3 cm³/mol. The van der Waals surface area contributed by atoms with Gasteiger partial charge in [-0.2, -0.15) is 0 Å². The molecule has 0 aromatic heterocycles. The minimum Gasteiger partial charge on any atom is -0.322 e. The van der Waals surface area contributed by atoms with Crippen LogP contribution in [-0.2, 0) is 0 Å². The molecule has 2 rings (SSSR count). The fraction of sp³-hybridized carbons (Fsp3) is 0. The van der Waals surface area contributed by atoms with Crippen LogP contribution in [0.5, 0.6) is 0 Å². The van der Waals surface area contributed by atoms with E-state index < -0.39 is 4.92 Å². The SMILES string of the molecule is O=C(Nc1cccc([N+](=O)[O-])c1)c1cc[c]cc1. The maximum atomic E-state index is 11.8. The largest absolute Gasteiger partial charge is 0.322 e. The molecule has 1 radical (unpaired) electrons. The number of anilines is 1. The van der Waals surface area contributed by atoms with Crippen molar-refractivity contribution >= 4 is 17.3 Å². The van der Waals surface area contributed by atoms with Crippen LogP contribution in [0.15, 0.2) is 48.5 Å². The number of hydrogen-bond donors (Lipinski definition) is 1. The van der Waals surface area contributed by atoms with E-state index in [1.807, 2.05) is 0 Å². The van der Waals surface area contributed by atoms with E-state index >= 15 is 0 Å². The first-order valence-corrected chi connectivity index (χ1v) is 5.19. The molecule has 0 saturated carbocycles.